The molecule has 0 fully saturated rings. The summed E-state index contributed by atoms with van der Waals surface area (Å²) in [7, 11) is 1.41. The normalized spacial score (nSPS) is 10.9. The van der Waals surface area contributed by atoms with Crippen LogP contribution in [0.1, 0.15) is 20.3 Å². The van der Waals surface area contributed by atoms with Crippen molar-refractivity contribution in [1.29, 1.82) is 0 Å². The molecule has 62 valence electrons. The molecule has 0 aliphatic rings. The van der Waals surface area contributed by atoms with E-state index < -0.39 is 0 Å². The van der Waals surface area contributed by atoms with Crippen molar-refractivity contribution in [3.8, 4) is 0 Å². The molecule has 0 saturated carbocycles. The molecule has 0 spiro atoms. The highest BCUT2D eigenvalue weighted by atomic mass is 128. The summed E-state index contributed by atoms with van der Waals surface area (Å²) in [6.07, 6.45) is 0.854. The number of ether oxygens (including phenoxy) is 1. The lowest BCUT2D eigenvalue weighted by Crippen LogP contribution is -2.10. The summed E-state index contributed by atoms with van der Waals surface area (Å²) in [5, 5.41) is 0. The van der Waals surface area contributed by atoms with Gasteiger partial charge in [0.2, 0.25) is 0 Å². The van der Waals surface area contributed by atoms with Crippen LogP contribution in [0.15, 0.2) is 0 Å². The molecule has 0 bridgehead atoms. The Labute approximate surface area is 85.4 Å². The fraction of sp³-hybridized carbons (Fsp3) is 0.833. The number of esters is 1. The first-order chi connectivity index (χ1) is 4.72. The zero-order valence-corrected chi connectivity index (χ0v) is 10.7. The molecule has 0 saturated heterocycles. The molecule has 0 aromatic rings. The lowest BCUT2D eigenvalue weighted by molar-refractivity contribution is -0.144. The van der Waals surface area contributed by atoms with Gasteiger partial charge in [0.25, 0.3) is 0 Å². The number of methoxy groups -OCH3 is 1. The second-order valence-electron chi connectivity index (χ2n) is 1.83. The van der Waals surface area contributed by atoms with Crippen molar-refractivity contribution in [2.75, 3.05) is 7.11 Å². The first-order valence-corrected chi connectivity index (χ1v) is 9.23. The summed E-state index contributed by atoms with van der Waals surface area (Å²) >= 11 is 4.24. The zero-order valence-electron chi connectivity index (χ0n) is 6.36. The lowest BCUT2D eigenvalue weighted by atomic mass is 10.1. The monoisotopic (exact) mass is 370 g/mol. The Hall–Kier alpha value is 0.930. The molecule has 0 aromatic carbocycles. The number of hydrogen-bond acceptors (Lipinski definition) is 2. The third kappa shape index (κ3) is 7.04. The maximum Gasteiger partial charge on any atom is 0.308 e. The highest BCUT2D eigenvalue weighted by molar-refractivity contribution is 15.0. The number of hydrogen-bond donors (Lipinski definition) is 0. The average Bonchev–Trinajstić information content (AvgIpc) is 2.05. The molecule has 0 amide bonds. The smallest absolute Gasteiger partial charge is 0.308 e. The Balaban J connectivity index is 0. The topological polar surface area (TPSA) is 26.3 Å². The van der Waals surface area contributed by atoms with Crippen LogP contribution in [0.4, 0.5) is 0 Å². The molecule has 0 aliphatic heterocycles. The van der Waals surface area contributed by atoms with Crippen molar-refractivity contribution in [2.24, 2.45) is 5.92 Å². The van der Waals surface area contributed by atoms with Crippen molar-refractivity contribution in [1.82, 2.24) is 0 Å². The third-order valence-electron chi connectivity index (χ3n) is 1.22. The van der Waals surface area contributed by atoms with Gasteiger partial charge in [0.05, 0.1) is 13.0 Å². The molecule has 0 radical (unpaired) electrons. The van der Waals surface area contributed by atoms with E-state index >= 15 is 0 Å². The van der Waals surface area contributed by atoms with Crippen molar-refractivity contribution in [3.63, 3.8) is 0 Å². The SMILES string of the molecule is CCC(C)C(=O)OC.II. The van der Waals surface area contributed by atoms with Crippen LogP contribution in [0.5, 0.6) is 0 Å². The standard InChI is InChI=1S/C6H12O2.I2/c1-4-5(2)6(7)8-3;1-2/h5H,4H2,1-3H3;. The van der Waals surface area contributed by atoms with Gasteiger partial charge in [-0.05, 0) is 6.42 Å². The van der Waals surface area contributed by atoms with Gasteiger partial charge in [-0.25, -0.2) is 0 Å². The van der Waals surface area contributed by atoms with Crippen LogP contribution in [0, 0.1) is 5.92 Å². The van der Waals surface area contributed by atoms with Gasteiger partial charge in [0, 0.05) is 37.2 Å². The molecule has 10 heavy (non-hydrogen) atoms. The largest absolute Gasteiger partial charge is 0.469 e. The van der Waals surface area contributed by atoms with E-state index in [0.717, 1.165) is 6.42 Å². The van der Waals surface area contributed by atoms with Crippen molar-refractivity contribution in [3.05, 3.63) is 0 Å². The molecule has 0 rings (SSSR count). The van der Waals surface area contributed by atoms with Gasteiger partial charge in [-0.3, -0.25) is 4.79 Å². The third-order valence-corrected chi connectivity index (χ3v) is 1.22. The molecule has 0 heterocycles. The Kier molecular flexibility index (Phi) is 13.4. The molecule has 4 heteroatoms. The van der Waals surface area contributed by atoms with E-state index in [-0.39, 0.29) is 11.9 Å². The number of rotatable bonds is 2. The van der Waals surface area contributed by atoms with Gasteiger partial charge in [0.15, 0.2) is 0 Å². The van der Waals surface area contributed by atoms with E-state index in [4.69, 9.17) is 0 Å². The highest BCUT2D eigenvalue weighted by Crippen LogP contribution is 2.00. The summed E-state index contributed by atoms with van der Waals surface area (Å²) in [6.45, 7) is 3.81. The zero-order chi connectivity index (χ0) is 8.57. The molecule has 2 nitrogen and oxygen atoms in total. The van der Waals surface area contributed by atoms with Crippen LogP contribution in [-0.2, 0) is 9.53 Å². The predicted octanol–water partition coefficient (Wildman–Crippen LogP) is 2.98. The highest BCUT2D eigenvalue weighted by Gasteiger charge is 2.08. The molecule has 1 unspecified atom stereocenters. The Morgan fingerprint density at radius 1 is 1.60 bits per heavy atom. The molecule has 0 aromatic heterocycles. The maximum absolute atomic E-state index is 10.5. The summed E-state index contributed by atoms with van der Waals surface area (Å²) < 4.78 is 4.46. The van der Waals surface area contributed by atoms with Gasteiger partial charge in [-0.2, -0.15) is 0 Å². The first-order valence-electron chi connectivity index (χ1n) is 2.94. The predicted molar refractivity (Wildman–Crippen MR) is 59.5 cm³/mol. The summed E-state index contributed by atoms with van der Waals surface area (Å²) in [4.78, 5) is 10.5. The maximum atomic E-state index is 10.5. The van der Waals surface area contributed by atoms with Crippen LogP contribution in [0.3, 0.4) is 0 Å². The van der Waals surface area contributed by atoms with Crippen molar-refractivity contribution >= 4 is 43.2 Å². The van der Waals surface area contributed by atoms with Crippen molar-refractivity contribution < 1.29 is 9.53 Å². The second kappa shape index (κ2) is 9.93. The summed E-state index contributed by atoms with van der Waals surface area (Å²) in [5.74, 6) is -0.0625. The van der Waals surface area contributed by atoms with Crippen LogP contribution in [-0.4, -0.2) is 13.1 Å². The minimum Gasteiger partial charge on any atom is -0.469 e. The van der Waals surface area contributed by atoms with E-state index in [1.54, 1.807) is 0 Å². The molecular formula is C6H12I2O2. The molecule has 0 N–H and O–H groups in total. The van der Waals surface area contributed by atoms with E-state index in [0.29, 0.717) is 0 Å². The summed E-state index contributed by atoms with van der Waals surface area (Å²) in [5.41, 5.74) is 0. The van der Waals surface area contributed by atoms with Crippen LogP contribution in [0.25, 0.3) is 0 Å². The fourth-order valence-corrected chi connectivity index (χ4v) is 0.368. The number of carbonyl (C=O) groups excluding carboxylic acids is 1. The Bertz CT molecular complexity index is 85.8. The van der Waals surface area contributed by atoms with Gasteiger partial charge in [-0.1, -0.05) is 13.8 Å². The fourth-order valence-electron chi connectivity index (χ4n) is 0.368. The van der Waals surface area contributed by atoms with Gasteiger partial charge in [0.1, 0.15) is 0 Å². The van der Waals surface area contributed by atoms with E-state index in [9.17, 15) is 4.79 Å². The molecular weight excluding hydrogens is 358 g/mol. The average molecular weight is 370 g/mol. The minimum atomic E-state index is -0.118. The van der Waals surface area contributed by atoms with Gasteiger partial charge in [-0.15, -0.1) is 0 Å². The van der Waals surface area contributed by atoms with E-state index in [1.807, 2.05) is 13.8 Å². The van der Waals surface area contributed by atoms with Crippen LogP contribution >= 0.6 is 37.2 Å². The van der Waals surface area contributed by atoms with Crippen LogP contribution in [0.2, 0.25) is 0 Å². The van der Waals surface area contributed by atoms with Gasteiger partial charge >= 0.3 is 5.97 Å². The number of carbonyl (C=O) groups is 1. The Morgan fingerprint density at radius 2 is 2.00 bits per heavy atom. The van der Waals surface area contributed by atoms with Crippen molar-refractivity contribution in [2.45, 2.75) is 20.3 Å². The first kappa shape index (κ1) is 13.5. The minimum absolute atomic E-state index is 0.0556. The lowest BCUT2D eigenvalue weighted by Gasteiger charge is -2.02. The van der Waals surface area contributed by atoms with Gasteiger partial charge < -0.3 is 4.74 Å². The number of halogens is 2. The van der Waals surface area contributed by atoms with E-state index in [1.165, 1.54) is 7.11 Å². The molecule has 1 atom stereocenters. The van der Waals surface area contributed by atoms with E-state index in [2.05, 4.69) is 42.0 Å². The quantitative estimate of drug-likeness (QED) is 0.552. The summed E-state index contributed by atoms with van der Waals surface area (Å²) in [6, 6.07) is 0. The molecule has 0 aliphatic carbocycles. The Morgan fingerprint density at radius 3 is 2.10 bits per heavy atom. The van der Waals surface area contributed by atoms with Crippen LogP contribution < -0.4 is 0 Å². The second-order valence-corrected chi connectivity index (χ2v) is 1.83.